The summed E-state index contributed by atoms with van der Waals surface area (Å²) in [6.45, 7) is 6.38. The number of carbonyl (C=O) groups excluding carboxylic acids is 1. The fraction of sp³-hybridized carbons (Fsp3) is 0.500. The molecule has 0 spiro atoms. The van der Waals surface area contributed by atoms with Crippen molar-refractivity contribution in [2.24, 2.45) is 0 Å². The van der Waals surface area contributed by atoms with Crippen molar-refractivity contribution in [2.75, 3.05) is 45.8 Å². The molecule has 0 aliphatic heterocycles. The molecular weight excluding hydrogens is 362 g/mol. The zero-order valence-electron chi connectivity index (χ0n) is 16.6. The molecule has 0 saturated heterocycles. The molecule has 0 bridgehead atoms. The van der Waals surface area contributed by atoms with E-state index in [0.717, 1.165) is 29.8 Å². The standard InChI is InChI=1S/C20H29N3O3S/c1-5-7-17-19(15-8-10-16(11-9-15)26-6-2)22-20(27-17)21-18(24)14-23(3)12-13-25-4/h8-11H,5-7,12-14H2,1-4H3,(H,21,22,24). The summed E-state index contributed by atoms with van der Waals surface area (Å²) in [7, 11) is 3.55. The number of methoxy groups -OCH3 is 1. The molecule has 1 N–H and O–H groups in total. The SMILES string of the molecule is CCCc1sc(NC(=O)CN(C)CCOC)nc1-c1ccc(OCC)cc1. The lowest BCUT2D eigenvalue weighted by Crippen LogP contribution is -2.32. The van der Waals surface area contributed by atoms with Gasteiger partial charge in [0.05, 0.1) is 25.5 Å². The van der Waals surface area contributed by atoms with Gasteiger partial charge in [0.2, 0.25) is 5.91 Å². The van der Waals surface area contributed by atoms with E-state index in [2.05, 4.69) is 17.2 Å². The summed E-state index contributed by atoms with van der Waals surface area (Å²) < 4.78 is 10.5. The van der Waals surface area contributed by atoms with Gasteiger partial charge in [-0.05, 0) is 44.7 Å². The van der Waals surface area contributed by atoms with Crippen LogP contribution in [0.3, 0.4) is 0 Å². The number of nitrogens with zero attached hydrogens (tertiary/aromatic N) is 2. The van der Waals surface area contributed by atoms with Crippen LogP contribution in [0.4, 0.5) is 5.13 Å². The van der Waals surface area contributed by atoms with Crippen LogP contribution in [0.1, 0.15) is 25.1 Å². The number of hydrogen-bond donors (Lipinski definition) is 1. The van der Waals surface area contributed by atoms with Gasteiger partial charge in [-0.3, -0.25) is 9.69 Å². The molecule has 2 rings (SSSR count). The Bertz CT molecular complexity index is 716. The van der Waals surface area contributed by atoms with Crippen LogP contribution in [0.15, 0.2) is 24.3 Å². The molecule has 148 valence electrons. The second-order valence-electron chi connectivity index (χ2n) is 6.28. The van der Waals surface area contributed by atoms with E-state index in [4.69, 9.17) is 9.47 Å². The number of amides is 1. The Kier molecular flexibility index (Phi) is 8.71. The van der Waals surface area contributed by atoms with E-state index in [9.17, 15) is 4.79 Å². The minimum absolute atomic E-state index is 0.0661. The highest BCUT2D eigenvalue weighted by atomic mass is 32.1. The normalized spacial score (nSPS) is 11.0. The maximum Gasteiger partial charge on any atom is 0.240 e. The van der Waals surface area contributed by atoms with E-state index in [-0.39, 0.29) is 5.91 Å². The number of aryl methyl sites for hydroxylation is 1. The van der Waals surface area contributed by atoms with E-state index >= 15 is 0 Å². The summed E-state index contributed by atoms with van der Waals surface area (Å²) in [5, 5.41) is 3.58. The summed E-state index contributed by atoms with van der Waals surface area (Å²) in [4.78, 5) is 20.1. The van der Waals surface area contributed by atoms with Crippen LogP contribution in [0.2, 0.25) is 0 Å². The third kappa shape index (κ3) is 6.61. The summed E-state index contributed by atoms with van der Waals surface area (Å²) >= 11 is 1.55. The zero-order valence-corrected chi connectivity index (χ0v) is 17.4. The van der Waals surface area contributed by atoms with E-state index in [1.807, 2.05) is 43.1 Å². The Morgan fingerprint density at radius 1 is 1.26 bits per heavy atom. The Labute approximate surface area is 165 Å². The van der Waals surface area contributed by atoms with E-state index < -0.39 is 0 Å². The monoisotopic (exact) mass is 391 g/mol. The number of rotatable bonds is 11. The van der Waals surface area contributed by atoms with Crippen LogP contribution in [-0.4, -0.2) is 56.3 Å². The van der Waals surface area contributed by atoms with Gasteiger partial charge in [0.25, 0.3) is 0 Å². The van der Waals surface area contributed by atoms with Crippen molar-refractivity contribution in [3.05, 3.63) is 29.1 Å². The summed E-state index contributed by atoms with van der Waals surface area (Å²) in [6, 6.07) is 7.94. The number of aromatic nitrogens is 1. The Morgan fingerprint density at radius 3 is 2.63 bits per heavy atom. The average molecular weight is 392 g/mol. The van der Waals surface area contributed by atoms with Gasteiger partial charge < -0.3 is 14.8 Å². The quantitative estimate of drug-likeness (QED) is 0.633. The largest absolute Gasteiger partial charge is 0.494 e. The fourth-order valence-corrected chi connectivity index (χ4v) is 3.73. The molecule has 2 aromatic rings. The van der Waals surface area contributed by atoms with Crippen molar-refractivity contribution in [2.45, 2.75) is 26.7 Å². The highest BCUT2D eigenvalue weighted by Gasteiger charge is 2.15. The number of nitrogens with one attached hydrogen (secondary N) is 1. The van der Waals surface area contributed by atoms with E-state index in [1.165, 1.54) is 4.88 Å². The Balaban J connectivity index is 2.10. The number of ether oxygens (including phenoxy) is 2. The van der Waals surface area contributed by atoms with Crippen LogP contribution in [0.5, 0.6) is 5.75 Å². The Hall–Kier alpha value is -1.96. The molecule has 1 heterocycles. The van der Waals surface area contributed by atoms with Crippen molar-refractivity contribution >= 4 is 22.4 Å². The molecule has 0 aliphatic rings. The zero-order chi connectivity index (χ0) is 19.6. The second kappa shape index (κ2) is 11.0. The lowest BCUT2D eigenvalue weighted by atomic mass is 10.1. The van der Waals surface area contributed by atoms with Gasteiger partial charge in [0, 0.05) is 24.1 Å². The van der Waals surface area contributed by atoms with Crippen LogP contribution < -0.4 is 10.1 Å². The first kappa shape index (κ1) is 21.3. The van der Waals surface area contributed by atoms with Gasteiger partial charge >= 0.3 is 0 Å². The first-order valence-corrected chi connectivity index (χ1v) is 10.1. The molecule has 0 aliphatic carbocycles. The molecule has 27 heavy (non-hydrogen) atoms. The number of anilines is 1. The summed E-state index contributed by atoms with van der Waals surface area (Å²) in [6.07, 6.45) is 1.96. The van der Waals surface area contributed by atoms with Crippen molar-refractivity contribution in [1.29, 1.82) is 0 Å². The highest BCUT2D eigenvalue weighted by Crippen LogP contribution is 2.33. The number of likely N-dealkylation sites (N-methyl/N-ethyl adjacent to an activating group) is 1. The molecule has 6 nitrogen and oxygen atoms in total. The molecule has 7 heteroatoms. The minimum atomic E-state index is -0.0661. The van der Waals surface area contributed by atoms with Gasteiger partial charge in [-0.15, -0.1) is 11.3 Å². The third-order valence-corrected chi connectivity index (χ3v) is 4.98. The van der Waals surface area contributed by atoms with E-state index in [0.29, 0.717) is 31.4 Å². The molecule has 0 unspecified atom stereocenters. The van der Waals surface area contributed by atoms with Crippen LogP contribution in [0, 0.1) is 0 Å². The van der Waals surface area contributed by atoms with Gasteiger partial charge in [-0.1, -0.05) is 13.3 Å². The molecule has 0 fully saturated rings. The van der Waals surface area contributed by atoms with Crippen molar-refractivity contribution in [1.82, 2.24) is 9.88 Å². The maximum atomic E-state index is 12.3. The fourth-order valence-electron chi connectivity index (χ4n) is 2.63. The van der Waals surface area contributed by atoms with E-state index in [1.54, 1.807) is 18.4 Å². The Morgan fingerprint density at radius 2 is 2.00 bits per heavy atom. The number of thiazole rings is 1. The predicted octanol–water partition coefficient (Wildman–Crippen LogP) is 3.68. The van der Waals surface area contributed by atoms with Crippen molar-refractivity contribution < 1.29 is 14.3 Å². The van der Waals surface area contributed by atoms with Crippen molar-refractivity contribution in [3.63, 3.8) is 0 Å². The number of hydrogen-bond acceptors (Lipinski definition) is 6. The number of carbonyl (C=O) groups is 1. The van der Waals surface area contributed by atoms with Crippen LogP contribution in [-0.2, 0) is 16.0 Å². The molecule has 1 aromatic carbocycles. The first-order valence-electron chi connectivity index (χ1n) is 9.27. The number of benzene rings is 1. The minimum Gasteiger partial charge on any atom is -0.494 e. The maximum absolute atomic E-state index is 12.3. The first-order chi connectivity index (χ1) is 13.1. The lowest BCUT2D eigenvalue weighted by molar-refractivity contribution is -0.117. The molecule has 1 aromatic heterocycles. The smallest absolute Gasteiger partial charge is 0.240 e. The van der Waals surface area contributed by atoms with Gasteiger partial charge in [0.15, 0.2) is 5.13 Å². The van der Waals surface area contributed by atoms with Gasteiger partial charge in [-0.25, -0.2) is 4.98 Å². The second-order valence-corrected chi connectivity index (χ2v) is 7.36. The molecular formula is C20H29N3O3S. The molecule has 0 atom stereocenters. The summed E-state index contributed by atoms with van der Waals surface area (Å²) in [5.74, 6) is 0.782. The summed E-state index contributed by atoms with van der Waals surface area (Å²) in [5.41, 5.74) is 1.98. The predicted molar refractivity (Wildman–Crippen MR) is 111 cm³/mol. The molecule has 0 saturated carbocycles. The third-order valence-electron chi connectivity index (χ3n) is 3.95. The molecule has 1 amide bonds. The highest BCUT2D eigenvalue weighted by molar-refractivity contribution is 7.16. The lowest BCUT2D eigenvalue weighted by Gasteiger charge is -2.14. The van der Waals surface area contributed by atoms with Crippen LogP contribution >= 0.6 is 11.3 Å². The van der Waals surface area contributed by atoms with Crippen molar-refractivity contribution in [3.8, 4) is 17.0 Å². The van der Waals surface area contributed by atoms with Gasteiger partial charge in [0.1, 0.15) is 5.75 Å². The molecule has 0 radical (unpaired) electrons. The van der Waals surface area contributed by atoms with Gasteiger partial charge in [-0.2, -0.15) is 0 Å². The van der Waals surface area contributed by atoms with Crippen LogP contribution in [0.25, 0.3) is 11.3 Å². The average Bonchev–Trinajstić information content (AvgIpc) is 3.03. The topological polar surface area (TPSA) is 63.7 Å².